The lowest BCUT2D eigenvalue weighted by Crippen LogP contribution is -2.35. The van der Waals surface area contributed by atoms with Crippen LogP contribution >= 0.6 is 0 Å². The van der Waals surface area contributed by atoms with Crippen molar-refractivity contribution in [3.8, 4) is 0 Å². The summed E-state index contributed by atoms with van der Waals surface area (Å²) in [4.78, 5) is 14.6. The molecule has 0 aliphatic carbocycles. The van der Waals surface area contributed by atoms with E-state index in [1.165, 1.54) is 25.7 Å². The second-order valence-corrected chi connectivity index (χ2v) is 6.05. The molecule has 116 valence electrons. The van der Waals surface area contributed by atoms with Crippen LogP contribution in [-0.4, -0.2) is 29.9 Å². The maximum atomic E-state index is 12.1. The Kier molecular flexibility index (Phi) is 5.62. The zero-order valence-corrected chi connectivity index (χ0v) is 13.2. The van der Waals surface area contributed by atoms with Gasteiger partial charge in [0.1, 0.15) is 0 Å². The molecular formula is C17H27N3O. The van der Waals surface area contributed by atoms with E-state index in [1.807, 2.05) is 25.1 Å². The first-order chi connectivity index (χ1) is 10.1. The summed E-state index contributed by atoms with van der Waals surface area (Å²) in [6.07, 6.45) is 5.66. The molecule has 1 aliphatic rings. The number of anilines is 2. The molecule has 1 aromatic rings. The highest BCUT2D eigenvalue weighted by Gasteiger charge is 2.17. The highest BCUT2D eigenvalue weighted by molar-refractivity contribution is 5.92. The van der Waals surface area contributed by atoms with Gasteiger partial charge in [0, 0.05) is 30.4 Å². The first kappa shape index (κ1) is 15.8. The fourth-order valence-electron chi connectivity index (χ4n) is 2.91. The number of rotatable bonds is 4. The number of carbonyl (C=O) groups is 1. The Morgan fingerprint density at radius 1 is 1.38 bits per heavy atom. The molecule has 1 aliphatic heterocycles. The normalized spacial score (nSPS) is 20.0. The van der Waals surface area contributed by atoms with Gasteiger partial charge in [-0.3, -0.25) is 4.79 Å². The molecule has 1 unspecified atom stereocenters. The van der Waals surface area contributed by atoms with Gasteiger partial charge in [-0.2, -0.15) is 0 Å². The molecule has 0 saturated carbocycles. The fraction of sp³-hybridized carbons (Fsp3) is 0.588. The van der Waals surface area contributed by atoms with Crippen LogP contribution < -0.4 is 11.1 Å². The molecule has 4 heteroatoms. The number of nitrogens with two attached hydrogens (primary N) is 1. The molecule has 2 rings (SSSR count). The third-order valence-electron chi connectivity index (χ3n) is 4.47. The van der Waals surface area contributed by atoms with Crippen LogP contribution in [0, 0.1) is 6.92 Å². The van der Waals surface area contributed by atoms with E-state index in [-0.39, 0.29) is 5.91 Å². The van der Waals surface area contributed by atoms with Gasteiger partial charge in [-0.25, -0.2) is 0 Å². The van der Waals surface area contributed by atoms with Crippen LogP contribution in [0.4, 0.5) is 11.4 Å². The average Bonchev–Trinajstić information content (AvgIpc) is 2.66. The van der Waals surface area contributed by atoms with Gasteiger partial charge < -0.3 is 16.0 Å². The molecule has 3 N–H and O–H groups in total. The number of hydrogen-bond donors (Lipinski definition) is 2. The molecule has 1 saturated heterocycles. The number of amides is 1. The summed E-state index contributed by atoms with van der Waals surface area (Å²) in [6.45, 7) is 6.16. The smallest absolute Gasteiger partial charge is 0.225 e. The van der Waals surface area contributed by atoms with Gasteiger partial charge in [0.2, 0.25) is 5.91 Å². The van der Waals surface area contributed by atoms with Crippen molar-refractivity contribution in [3.63, 3.8) is 0 Å². The van der Waals surface area contributed by atoms with Gasteiger partial charge in [0.25, 0.3) is 0 Å². The Morgan fingerprint density at radius 3 is 3.00 bits per heavy atom. The van der Waals surface area contributed by atoms with E-state index < -0.39 is 0 Å². The minimum absolute atomic E-state index is 0.0696. The van der Waals surface area contributed by atoms with Crippen LogP contribution in [0.1, 0.15) is 44.6 Å². The van der Waals surface area contributed by atoms with Crippen molar-refractivity contribution < 1.29 is 4.79 Å². The maximum Gasteiger partial charge on any atom is 0.225 e. The molecule has 0 radical (unpaired) electrons. The fourth-order valence-corrected chi connectivity index (χ4v) is 2.91. The van der Waals surface area contributed by atoms with Crippen molar-refractivity contribution in [1.82, 2.24) is 4.90 Å². The Balaban J connectivity index is 1.85. The molecule has 0 aromatic heterocycles. The lowest BCUT2D eigenvalue weighted by atomic mass is 10.1. The monoisotopic (exact) mass is 289 g/mol. The molecule has 1 fully saturated rings. The largest absolute Gasteiger partial charge is 0.398 e. The van der Waals surface area contributed by atoms with Crippen LogP contribution in [0.15, 0.2) is 18.2 Å². The maximum absolute atomic E-state index is 12.1. The van der Waals surface area contributed by atoms with E-state index in [1.54, 1.807) is 0 Å². The molecule has 4 nitrogen and oxygen atoms in total. The summed E-state index contributed by atoms with van der Waals surface area (Å²) in [5.74, 6) is 0.0696. The molecular weight excluding hydrogens is 262 g/mol. The highest BCUT2D eigenvalue weighted by atomic mass is 16.1. The Morgan fingerprint density at radius 2 is 2.19 bits per heavy atom. The lowest BCUT2D eigenvalue weighted by molar-refractivity contribution is -0.116. The van der Waals surface area contributed by atoms with Crippen molar-refractivity contribution in [1.29, 1.82) is 0 Å². The summed E-state index contributed by atoms with van der Waals surface area (Å²) in [7, 11) is 0. The predicted molar refractivity (Wildman–Crippen MR) is 88.3 cm³/mol. The van der Waals surface area contributed by atoms with Gasteiger partial charge in [-0.15, -0.1) is 0 Å². The van der Waals surface area contributed by atoms with Gasteiger partial charge in [-0.05, 0) is 50.9 Å². The summed E-state index contributed by atoms with van der Waals surface area (Å²) in [5, 5.41) is 2.98. The van der Waals surface area contributed by atoms with Gasteiger partial charge >= 0.3 is 0 Å². The van der Waals surface area contributed by atoms with Crippen LogP contribution in [0.2, 0.25) is 0 Å². The number of nitrogen functional groups attached to an aromatic ring is 1. The van der Waals surface area contributed by atoms with E-state index in [0.717, 1.165) is 24.3 Å². The molecule has 0 spiro atoms. The van der Waals surface area contributed by atoms with E-state index in [2.05, 4.69) is 17.1 Å². The number of hydrogen-bond acceptors (Lipinski definition) is 3. The molecule has 1 atom stereocenters. The van der Waals surface area contributed by atoms with Gasteiger partial charge in [-0.1, -0.05) is 18.9 Å². The summed E-state index contributed by atoms with van der Waals surface area (Å²) in [5.41, 5.74) is 8.34. The van der Waals surface area contributed by atoms with Crippen LogP contribution in [0.3, 0.4) is 0 Å². The van der Waals surface area contributed by atoms with Crippen molar-refractivity contribution in [3.05, 3.63) is 23.8 Å². The van der Waals surface area contributed by atoms with E-state index in [4.69, 9.17) is 5.73 Å². The van der Waals surface area contributed by atoms with Crippen LogP contribution in [0.25, 0.3) is 0 Å². The van der Waals surface area contributed by atoms with Crippen molar-refractivity contribution in [2.45, 2.75) is 52.0 Å². The Bertz CT molecular complexity index is 487. The minimum atomic E-state index is 0.0696. The molecule has 1 heterocycles. The second kappa shape index (κ2) is 7.46. The lowest BCUT2D eigenvalue weighted by Gasteiger charge is -2.26. The van der Waals surface area contributed by atoms with Crippen LogP contribution in [0.5, 0.6) is 0 Å². The van der Waals surface area contributed by atoms with Crippen molar-refractivity contribution >= 4 is 17.3 Å². The molecule has 0 bridgehead atoms. The van der Waals surface area contributed by atoms with Crippen LogP contribution in [-0.2, 0) is 4.79 Å². The first-order valence-corrected chi connectivity index (χ1v) is 7.97. The summed E-state index contributed by atoms with van der Waals surface area (Å²) >= 11 is 0. The highest BCUT2D eigenvalue weighted by Crippen LogP contribution is 2.21. The summed E-state index contributed by atoms with van der Waals surface area (Å²) in [6, 6.07) is 6.21. The first-order valence-electron chi connectivity index (χ1n) is 7.97. The van der Waals surface area contributed by atoms with Gasteiger partial charge in [0.15, 0.2) is 0 Å². The van der Waals surface area contributed by atoms with Crippen molar-refractivity contribution in [2.24, 2.45) is 0 Å². The quantitative estimate of drug-likeness (QED) is 0.837. The van der Waals surface area contributed by atoms with E-state index >= 15 is 0 Å². The Hall–Kier alpha value is -1.55. The minimum Gasteiger partial charge on any atom is -0.398 e. The third kappa shape index (κ3) is 4.46. The number of nitrogens with one attached hydrogen (secondary N) is 1. The average molecular weight is 289 g/mol. The zero-order chi connectivity index (χ0) is 15.2. The number of benzene rings is 1. The predicted octanol–water partition coefficient (Wildman–Crippen LogP) is 3.17. The second-order valence-electron chi connectivity index (χ2n) is 6.05. The van der Waals surface area contributed by atoms with Crippen molar-refractivity contribution in [2.75, 3.05) is 24.1 Å². The van der Waals surface area contributed by atoms with Gasteiger partial charge in [0.05, 0.1) is 0 Å². The Labute approximate surface area is 127 Å². The van der Waals surface area contributed by atoms with E-state index in [0.29, 0.717) is 18.2 Å². The number of carbonyl (C=O) groups excluding carboxylic acids is 1. The SMILES string of the molecule is Cc1c(N)cccc1NC(=O)CCN1CCCCCC1C. The third-order valence-corrected chi connectivity index (χ3v) is 4.47. The molecule has 21 heavy (non-hydrogen) atoms. The standard InChI is InChI=1S/C17H27N3O/c1-13-7-4-3-5-11-20(13)12-10-17(21)19-16-9-6-8-15(18)14(16)2/h6,8-9,13H,3-5,7,10-12,18H2,1-2H3,(H,19,21). The summed E-state index contributed by atoms with van der Waals surface area (Å²) < 4.78 is 0. The topological polar surface area (TPSA) is 58.4 Å². The zero-order valence-electron chi connectivity index (χ0n) is 13.2. The number of likely N-dealkylation sites (tertiary alicyclic amines) is 1. The molecule has 1 aromatic carbocycles. The number of nitrogens with zero attached hydrogens (tertiary/aromatic N) is 1. The van der Waals surface area contributed by atoms with E-state index in [9.17, 15) is 4.79 Å². The molecule has 1 amide bonds.